The highest BCUT2D eigenvalue weighted by atomic mass is 32.2. The first-order valence-electron chi connectivity index (χ1n) is 12.0. The van der Waals surface area contributed by atoms with E-state index in [2.05, 4.69) is 15.2 Å². The van der Waals surface area contributed by atoms with Gasteiger partial charge < -0.3 is 19.7 Å². The minimum Gasteiger partial charge on any atom is -0.490 e. The Bertz CT molecular complexity index is 1290. The molecule has 1 amide bonds. The molecular formula is C27H31N3O5S. The lowest BCUT2D eigenvalue weighted by Gasteiger charge is -2.34. The summed E-state index contributed by atoms with van der Waals surface area (Å²) in [5.74, 6) is 2.01. The fourth-order valence-electron chi connectivity index (χ4n) is 4.12. The number of aromatic nitrogens is 1. The van der Waals surface area contributed by atoms with Crippen LogP contribution in [-0.4, -0.2) is 51.4 Å². The highest BCUT2D eigenvalue weighted by Gasteiger charge is 2.23. The number of pyridine rings is 1. The van der Waals surface area contributed by atoms with Crippen molar-refractivity contribution in [2.45, 2.75) is 37.3 Å². The van der Waals surface area contributed by atoms with Crippen LogP contribution in [0.15, 0.2) is 71.8 Å². The van der Waals surface area contributed by atoms with E-state index in [0.717, 1.165) is 43.0 Å². The molecule has 190 valence electrons. The second-order valence-corrected chi connectivity index (χ2v) is 10.7. The molecule has 0 spiro atoms. The average molecular weight is 510 g/mol. The van der Waals surface area contributed by atoms with Gasteiger partial charge in [-0.2, -0.15) is 0 Å². The van der Waals surface area contributed by atoms with Crippen molar-refractivity contribution in [3.05, 3.63) is 78.0 Å². The van der Waals surface area contributed by atoms with Crippen molar-refractivity contribution in [2.75, 3.05) is 30.9 Å². The van der Waals surface area contributed by atoms with E-state index in [-0.39, 0.29) is 23.5 Å². The van der Waals surface area contributed by atoms with Gasteiger partial charge in [-0.1, -0.05) is 24.3 Å². The van der Waals surface area contributed by atoms with Crippen LogP contribution in [0, 0.1) is 0 Å². The van der Waals surface area contributed by atoms with Crippen LogP contribution in [0.5, 0.6) is 11.5 Å². The molecule has 2 heterocycles. The van der Waals surface area contributed by atoms with Crippen LogP contribution in [0.25, 0.3) is 0 Å². The van der Waals surface area contributed by atoms with Crippen LogP contribution in [0.3, 0.4) is 0 Å². The van der Waals surface area contributed by atoms with E-state index in [1.807, 2.05) is 37.3 Å². The van der Waals surface area contributed by atoms with E-state index in [0.29, 0.717) is 24.3 Å². The number of benzene rings is 2. The van der Waals surface area contributed by atoms with Gasteiger partial charge in [0.25, 0.3) is 5.91 Å². The van der Waals surface area contributed by atoms with E-state index in [9.17, 15) is 13.2 Å². The van der Waals surface area contributed by atoms with E-state index < -0.39 is 9.84 Å². The van der Waals surface area contributed by atoms with E-state index >= 15 is 0 Å². The number of nitrogens with one attached hydrogen (secondary N) is 1. The maximum Gasteiger partial charge on any atom is 0.253 e. The van der Waals surface area contributed by atoms with Crippen molar-refractivity contribution in [1.29, 1.82) is 0 Å². The molecule has 8 nitrogen and oxygen atoms in total. The molecule has 9 heteroatoms. The van der Waals surface area contributed by atoms with Gasteiger partial charge in [0.05, 0.1) is 23.6 Å². The van der Waals surface area contributed by atoms with Gasteiger partial charge >= 0.3 is 0 Å². The molecule has 0 unspecified atom stereocenters. The number of ether oxygens (including phenoxy) is 2. The SMILES string of the molecule is CCOc1ccccc1O[C@@H]1CCCN(c2ccc(C(=O)NCc3cccc(S(C)(=O)=O)c3)cn2)C1. The molecule has 1 aliphatic rings. The molecule has 3 aromatic rings. The third kappa shape index (κ3) is 6.54. The fourth-order valence-corrected chi connectivity index (χ4v) is 4.81. The summed E-state index contributed by atoms with van der Waals surface area (Å²) in [5.41, 5.74) is 1.15. The molecule has 1 fully saturated rings. The van der Waals surface area contributed by atoms with Gasteiger partial charge in [0.2, 0.25) is 0 Å². The predicted molar refractivity (Wildman–Crippen MR) is 138 cm³/mol. The average Bonchev–Trinajstić information content (AvgIpc) is 2.88. The number of nitrogens with zero attached hydrogens (tertiary/aromatic N) is 2. The maximum atomic E-state index is 12.6. The molecule has 1 saturated heterocycles. The zero-order chi connectivity index (χ0) is 25.5. The van der Waals surface area contributed by atoms with Gasteiger partial charge in [-0.25, -0.2) is 13.4 Å². The molecule has 2 aromatic carbocycles. The van der Waals surface area contributed by atoms with Crippen LogP contribution in [-0.2, 0) is 16.4 Å². The molecule has 0 bridgehead atoms. The molecule has 1 aliphatic heterocycles. The minimum atomic E-state index is -3.30. The number of hydrogen-bond acceptors (Lipinski definition) is 7. The predicted octanol–water partition coefficient (Wildman–Crippen LogP) is 3.86. The minimum absolute atomic E-state index is 0.00725. The van der Waals surface area contributed by atoms with Crippen molar-refractivity contribution < 1.29 is 22.7 Å². The number of hydrogen-bond donors (Lipinski definition) is 1. The van der Waals surface area contributed by atoms with Gasteiger partial charge in [-0.3, -0.25) is 4.79 Å². The molecule has 0 saturated carbocycles. The quantitative estimate of drug-likeness (QED) is 0.468. The molecule has 0 aliphatic carbocycles. The Morgan fingerprint density at radius 3 is 2.64 bits per heavy atom. The lowest BCUT2D eigenvalue weighted by molar-refractivity contribution is 0.0950. The summed E-state index contributed by atoms with van der Waals surface area (Å²) in [4.78, 5) is 19.5. The number of para-hydroxylation sites is 2. The third-order valence-corrected chi connectivity index (χ3v) is 7.04. The zero-order valence-electron chi connectivity index (χ0n) is 20.5. The molecule has 1 N–H and O–H groups in total. The normalized spacial score (nSPS) is 15.8. The topological polar surface area (TPSA) is 97.8 Å². The van der Waals surface area contributed by atoms with Crippen molar-refractivity contribution in [3.63, 3.8) is 0 Å². The van der Waals surface area contributed by atoms with Crippen molar-refractivity contribution >= 4 is 21.6 Å². The number of anilines is 1. The third-order valence-electron chi connectivity index (χ3n) is 5.93. The first kappa shape index (κ1) is 25.5. The van der Waals surface area contributed by atoms with Crippen LogP contribution in [0.1, 0.15) is 35.7 Å². The molecule has 0 radical (unpaired) electrons. The van der Waals surface area contributed by atoms with E-state index in [1.54, 1.807) is 30.5 Å². The Morgan fingerprint density at radius 1 is 1.11 bits per heavy atom. The van der Waals surface area contributed by atoms with Crippen LogP contribution in [0.2, 0.25) is 0 Å². The Hall–Kier alpha value is -3.59. The summed E-state index contributed by atoms with van der Waals surface area (Å²) in [6.07, 6.45) is 4.64. The van der Waals surface area contributed by atoms with Gasteiger partial charge in [0.15, 0.2) is 21.3 Å². The summed E-state index contributed by atoms with van der Waals surface area (Å²) in [6.45, 7) is 4.30. The Kier molecular flexibility index (Phi) is 8.10. The second-order valence-electron chi connectivity index (χ2n) is 8.72. The summed E-state index contributed by atoms with van der Waals surface area (Å²) in [7, 11) is -3.30. The van der Waals surface area contributed by atoms with Crippen molar-refractivity contribution in [3.8, 4) is 11.5 Å². The van der Waals surface area contributed by atoms with Gasteiger partial charge in [0, 0.05) is 25.5 Å². The van der Waals surface area contributed by atoms with Gasteiger partial charge in [0.1, 0.15) is 11.9 Å². The Labute approximate surface area is 212 Å². The summed E-state index contributed by atoms with van der Waals surface area (Å²) < 4.78 is 35.4. The Balaban J connectivity index is 1.35. The molecule has 1 aromatic heterocycles. The number of amides is 1. The molecule has 4 rings (SSSR count). The highest BCUT2D eigenvalue weighted by Crippen LogP contribution is 2.29. The van der Waals surface area contributed by atoms with Crippen molar-refractivity contribution in [1.82, 2.24) is 10.3 Å². The highest BCUT2D eigenvalue weighted by molar-refractivity contribution is 7.90. The summed E-state index contributed by atoms with van der Waals surface area (Å²) in [5, 5.41) is 2.82. The Morgan fingerprint density at radius 2 is 1.92 bits per heavy atom. The largest absolute Gasteiger partial charge is 0.490 e. The van der Waals surface area contributed by atoms with Crippen LogP contribution >= 0.6 is 0 Å². The fraction of sp³-hybridized carbons (Fsp3) is 0.333. The smallest absolute Gasteiger partial charge is 0.253 e. The van der Waals surface area contributed by atoms with E-state index in [1.165, 1.54) is 6.07 Å². The number of carbonyl (C=O) groups is 1. The molecular weight excluding hydrogens is 478 g/mol. The molecule has 1 atom stereocenters. The summed E-state index contributed by atoms with van der Waals surface area (Å²) in [6, 6.07) is 17.8. The van der Waals surface area contributed by atoms with Gasteiger partial charge in [-0.05, 0) is 61.7 Å². The number of sulfone groups is 1. The number of rotatable bonds is 9. The number of carbonyl (C=O) groups excluding carboxylic acids is 1. The van der Waals surface area contributed by atoms with E-state index in [4.69, 9.17) is 9.47 Å². The van der Waals surface area contributed by atoms with Crippen LogP contribution < -0.4 is 19.7 Å². The number of piperidine rings is 1. The summed E-state index contributed by atoms with van der Waals surface area (Å²) >= 11 is 0. The van der Waals surface area contributed by atoms with Gasteiger partial charge in [-0.15, -0.1) is 0 Å². The van der Waals surface area contributed by atoms with Crippen molar-refractivity contribution in [2.24, 2.45) is 0 Å². The maximum absolute atomic E-state index is 12.6. The lowest BCUT2D eigenvalue weighted by atomic mass is 10.1. The molecule has 36 heavy (non-hydrogen) atoms. The monoisotopic (exact) mass is 509 g/mol. The lowest BCUT2D eigenvalue weighted by Crippen LogP contribution is -2.41. The first-order valence-corrected chi connectivity index (χ1v) is 13.9. The zero-order valence-corrected chi connectivity index (χ0v) is 21.3. The standard InChI is InChI=1S/C27H31N3O5S/c1-3-34-24-11-4-5-12-25(24)35-22-9-7-15-30(19-22)26-14-13-21(18-28-26)27(31)29-17-20-8-6-10-23(16-20)36(2,32)33/h4-6,8,10-14,16,18,22H,3,7,9,15,17,19H2,1-2H3,(H,29,31)/t22-/m1/s1. The second kappa shape index (κ2) is 11.4. The van der Waals surface area contributed by atoms with Crippen LogP contribution in [0.4, 0.5) is 5.82 Å². The first-order chi connectivity index (χ1) is 17.3.